The molecule has 0 fully saturated rings. The van der Waals surface area contributed by atoms with Gasteiger partial charge in [-0.3, -0.25) is 9.69 Å². The molecule has 38 heavy (non-hydrogen) atoms. The largest absolute Gasteiger partial charge is 0.497 e. The van der Waals surface area contributed by atoms with Crippen LogP contribution in [-0.2, 0) is 22.6 Å². The number of aliphatic hydroxyl groups is 1. The van der Waals surface area contributed by atoms with Crippen LogP contribution < -0.4 is 9.47 Å². The van der Waals surface area contributed by atoms with Crippen LogP contribution in [0.15, 0.2) is 78.7 Å². The summed E-state index contributed by atoms with van der Waals surface area (Å²) in [4.78, 5) is 18.7. The Morgan fingerprint density at radius 3 is 2.68 bits per heavy atom. The maximum absolute atomic E-state index is 13.6. The van der Waals surface area contributed by atoms with Gasteiger partial charge in [-0.15, -0.1) is 17.9 Å². The minimum atomic E-state index is -0.717. The van der Waals surface area contributed by atoms with Crippen molar-refractivity contribution in [2.45, 2.75) is 25.2 Å². The van der Waals surface area contributed by atoms with Crippen molar-refractivity contribution >= 4 is 17.2 Å². The maximum atomic E-state index is 13.6. The van der Waals surface area contributed by atoms with Gasteiger partial charge in [0.05, 0.1) is 39.0 Å². The molecule has 0 radical (unpaired) electrons. The van der Waals surface area contributed by atoms with Crippen LogP contribution >= 0.6 is 11.3 Å². The number of aliphatic hydroxyl groups excluding tert-OH is 1. The van der Waals surface area contributed by atoms with Gasteiger partial charge in [0.1, 0.15) is 18.1 Å². The first-order valence-corrected chi connectivity index (χ1v) is 13.7. The van der Waals surface area contributed by atoms with Gasteiger partial charge in [0.25, 0.3) is 0 Å². The van der Waals surface area contributed by atoms with Crippen molar-refractivity contribution in [1.82, 2.24) is 9.80 Å². The summed E-state index contributed by atoms with van der Waals surface area (Å²) in [7, 11) is 1.63. The predicted octanol–water partition coefficient (Wildman–Crippen LogP) is 4.33. The van der Waals surface area contributed by atoms with Gasteiger partial charge in [0.2, 0.25) is 5.91 Å². The number of methoxy groups -OCH3 is 1. The van der Waals surface area contributed by atoms with Gasteiger partial charge in [0, 0.05) is 24.5 Å². The third kappa shape index (κ3) is 7.68. The summed E-state index contributed by atoms with van der Waals surface area (Å²) in [5.74, 6) is 1.50. The molecule has 1 aromatic heterocycles. The fourth-order valence-corrected chi connectivity index (χ4v) is 5.56. The molecule has 1 amide bonds. The van der Waals surface area contributed by atoms with E-state index in [1.807, 2.05) is 64.4 Å². The van der Waals surface area contributed by atoms with Crippen LogP contribution in [0.4, 0.5) is 0 Å². The topological polar surface area (TPSA) is 71.5 Å². The molecule has 1 aliphatic heterocycles. The Labute approximate surface area is 228 Å². The SMILES string of the molecule is C=CCN(CC(=O)N1CCc2sccc2[C@H]1COc1ccc(OC)cc1)C[C@H](O)COCc1ccccc1. The van der Waals surface area contributed by atoms with Crippen LogP contribution in [0.2, 0.25) is 0 Å². The lowest BCUT2D eigenvalue weighted by Crippen LogP contribution is -2.48. The first-order chi connectivity index (χ1) is 18.6. The van der Waals surface area contributed by atoms with Crippen LogP contribution in [0.5, 0.6) is 11.5 Å². The Balaban J connectivity index is 1.35. The smallest absolute Gasteiger partial charge is 0.237 e. The molecule has 202 valence electrons. The monoisotopic (exact) mass is 536 g/mol. The predicted molar refractivity (Wildman–Crippen MR) is 150 cm³/mol. The van der Waals surface area contributed by atoms with Crippen molar-refractivity contribution in [2.24, 2.45) is 0 Å². The molecule has 0 spiro atoms. The van der Waals surface area contributed by atoms with Crippen molar-refractivity contribution in [3.05, 3.63) is 94.7 Å². The molecule has 0 aliphatic carbocycles. The minimum absolute atomic E-state index is 0.00411. The number of fused-ring (bicyclic) bond motifs is 1. The number of amides is 1. The number of hydrogen-bond donors (Lipinski definition) is 1. The van der Waals surface area contributed by atoms with Crippen molar-refractivity contribution in [3.8, 4) is 11.5 Å². The van der Waals surface area contributed by atoms with E-state index in [1.165, 1.54) is 4.88 Å². The van der Waals surface area contributed by atoms with E-state index in [0.717, 1.165) is 29.0 Å². The number of benzene rings is 2. The van der Waals surface area contributed by atoms with Gasteiger partial charge in [-0.25, -0.2) is 0 Å². The molecule has 1 aliphatic rings. The van der Waals surface area contributed by atoms with E-state index in [1.54, 1.807) is 24.5 Å². The molecule has 0 saturated carbocycles. The molecule has 2 heterocycles. The molecular weight excluding hydrogens is 500 g/mol. The average Bonchev–Trinajstić information content (AvgIpc) is 3.42. The van der Waals surface area contributed by atoms with E-state index in [2.05, 4.69) is 18.0 Å². The molecule has 2 aromatic carbocycles. The standard InChI is InChI=1S/C30H36N2O5S/c1-3-15-31(18-24(33)21-36-20-23-7-5-4-6-8-23)19-30(34)32-16-13-29-27(14-17-38-29)28(32)22-37-26-11-9-25(35-2)10-12-26/h3-12,14,17,24,28,33H,1,13,15-16,18-22H2,2H3/t24-,28+/m0/s1. The van der Waals surface area contributed by atoms with E-state index in [9.17, 15) is 9.90 Å². The molecule has 3 aromatic rings. The summed E-state index contributed by atoms with van der Waals surface area (Å²) in [5.41, 5.74) is 2.20. The van der Waals surface area contributed by atoms with Crippen LogP contribution in [0.3, 0.4) is 0 Å². The Hall–Kier alpha value is -3.17. The maximum Gasteiger partial charge on any atom is 0.237 e. The van der Waals surface area contributed by atoms with Crippen LogP contribution in [-0.4, -0.2) is 73.4 Å². The van der Waals surface area contributed by atoms with E-state index in [4.69, 9.17) is 14.2 Å². The van der Waals surface area contributed by atoms with Gasteiger partial charge in [-0.2, -0.15) is 0 Å². The number of carbonyl (C=O) groups excluding carboxylic acids is 1. The molecule has 2 atom stereocenters. The minimum Gasteiger partial charge on any atom is -0.497 e. The quantitative estimate of drug-likeness (QED) is 0.310. The second-order valence-electron chi connectivity index (χ2n) is 9.28. The Kier molecular flexibility index (Phi) is 10.3. The summed E-state index contributed by atoms with van der Waals surface area (Å²) >= 11 is 1.73. The average molecular weight is 537 g/mol. The van der Waals surface area contributed by atoms with Crippen LogP contribution in [0, 0.1) is 0 Å². The van der Waals surface area contributed by atoms with Crippen LogP contribution in [0.25, 0.3) is 0 Å². The van der Waals surface area contributed by atoms with Crippen molar-refractivity contribution in [2.75, 3.05) is 46.5 Å². The second-order valence-corrected chi connectivity index (χ2v) is 10.3. The highest BCUT2D eigenvalue weighted by atomic mass is 32.1. The van der Waals surface area contributed by atoms with E-state index < -0.39 is 6.10 Å². The molecule has 0 bridgehead atoms. The van der Waals surface area contributed by atoms with Gasteiger partial charge >= 0.3 is 0 Å². The fraction of sp³-hybridized carbons (Fsp3) is 0.367. The lowest BCUT2D eigenvalue weighted by molar-refractivity contribution is -0.136. The Morgan fingerprint density at radius 1 is 1.18 bits per heavy atom. The first kappa shape index (κ1) is 27.9. The number of carbonyl (C=O) groups is 1. The molecule has 0 unspecified atom stereocenters. The molecule has 0 saturated heterocycles. The third-order valence-corrected chi connectivity index (χ3v) is 7.52. The summed E-state index contributed by atoms with van der Waals surface area (Å²) in [6.07, 6.45) is 1.86. The zero-order valence-corrected chi connectivity index (χ0v) is 22.6. The first-order valence-electron chi connectivity index (χ1n) is 12.8. The van der Waals surface area contributed by atoms with Gasteiger partial charge in [-0.1, -0.05) is 36.4 Å². The number of nitrogens with zero attached hydrogens (tertiary/aromatic N) is 2. The van der Waals surface area contributed by atoms with Gasteiger partial charge in [-0.05, 0) is 53.3 Å². The third-order valence-electron chi connectivity index (χ3n) is 6.52. The highest BCUT2D eigenvalue weighted by Gasteiger charge is 2.33. The summed E-state index contributed by atoms with van der Waals surface area (Å²) in [6, 6.07) is 19.2. The van der Waals surface area contributed by atoms with Gasteiger partial charge in [0.15, 0.2) is 0 Å². The highest BCUT2D eigenvalue weighted by molar-refractivity contribution is 7.10. The summed E-state index contributed by atoms with van der Waals surface area (Å²) < 4.78 is 17.0. The Morgan fingerprint density at radius 2 is 1.95 bits per heavy atom. The Bertz CT molecular complexity index is 1150. The fourth-order valence-electron chi connectivity index (χ4n) is 4.63. The lowest BCUT2D eigenvalue weighted by Gasteiger charge is -2.37. The van der Waals surface area contributed by atoms with E-state index >= 15 is 0 Å². The van der Waals surface area contributed by atoms with Crippen LogP contribution in [0.1, 0.15) is 22.0 Å². The summed E-state index contributed by atoms with van der Waals surface area (Å²) in [6.45, 7) is 6.44. The van der Waals surface area contributed by atoms with E-state index in [0.29, 0.717) is 32.8 Å². The van der Waals surface area contributed by atoms with Gasteiger partial charge < -0.3 is 24.2 Å². The number of ether oxygens (including phenoxy) is 3. The van der Waals surface area contributed by atoms with Crippen molar-refractivity contribution in [3.63, 3.8) is 0 Å². The summed E-state index contributed by atoms with van der Waals surface area (Å²) in [5, 5.41) is 12.7. The molecule has 7 nitrogen and oxygen atoms in total. The highest BCUT2D eigenvalue weighted by Crippen LogP contribution is 2.34. The van der Waals surface area contributed by atoms with Crippen molar-refractivity contribution < 1.29 is 24.1 Å². The zero-order valence-electron chi connectivity index (χ0n) is 21.8. The number of thiophene rings is 1. The van der Waals surface area contributed by atoms with Crippen molar-refractivity contribution in [1.29, 1.82) is 0 Å². The second kappa shape index (κ2) is 14.1. The molecule has 4 rings (SSSR count). The zero-order chi connectivity index (χ0) is 26.7. The number of rotatable bonds is 14. The normalized spacial score (nSPS) is 15.7. The molecular formula is C30H36N2O5S. The van der Waals surface area contributed by atoms with E-state index in [-0.39, 0.29) is 25.1 Å². The lowest BCUT2D eigenvalue weighted by atomic mass is 10.0. The molecule has 1 N–H and O–H groups in total. The molecule has 8 heteroatoms. The number of hydrogen-bond acceptors (Lipinski definition) is 7.